The smallest absolute Gasteiger partial charge is 0.404 e. The maximum atomic E-state index is 10.6. The molecule has 16 heavy (non-hydrogen) atoms. The summed E-state index contributed by atoms with van der Waals surface area (Å²) in [5.74, 6) is 0. The van der Waals surface area contributed by atoms with E-state index in [1.165, 1.54) is 0 Å². The fourth-order valence-corrected chi connectivity index (χ4v) is 1.30. The highest BCUT2D eigenvalue weighted by Crippen LogP contribution is 2.09. The maximum absolute atomic E-state index is 10.6. The number of nitrogens with two attached hydrogens (primary N) is 1. The van der Waals surface area contributed by atoms with Crippen molar-refractivity contribution in [2.45, 2.75) is 18.6 Å². The van der Waals surface area contributed by atoms with Gasteiger partial charge in [0.05, 0.1) is 6.07 Å². The van der Waals surface area contributed by atoms with E-state index in [4.69, 9.17) is 11.0 Å². The Morgan fingerprint density at radius 1 is 1.50 bits per heavy atom. The average Bonchev–Trinajstić information content (AvgIpc) is 2.28. The Kier molecular flexibility index (Phi) is 4.30. The van der Waals surface area contributed by atoms with Gasteiger partial charge in [0.25, 0.3) is 0 Å². The molecule has 0 aliphatic rings. The number of ether oxygens (including phenoxy) is 1. The van der Waals surface area contributed by atoms with Gasteiger partial charge in [-0.05, 0) is 5.56 Å². The van der Waals surface area contributed by atoms with Crippen LogP contribution in [0.25, 0.3) is 0 Å². The molecule has 0 saturated carbocycles. The van der Waals surface area contributed by atoms with Gasteiger partial charge in [-0.25, -0.2) is 4.79 Å². The minimum Gasteiger partial charge on any atom is -0.442 e. The van der Waals surface area contributed by atoms with E-state index in [0.717, 1.165) is 5.56 Å². The average molecular weight is 220 g/mol. The summed E-state index contributed by atoms with van der Waals surface area (Å²) in [7, 11) is 0. The van der Waals surface area contributed by atoms with Crippen LogP contribution in [0.2, 0.25) is 0 Å². The van der Waals surface area contributed by atoms with Crippen LogP contribution in [-0.2, 0) is 11.2 Å². The molecule has 0 aromatic heterocycles. The number of amides is 1. The lowest BCUT2D eigenvalue weighted by Gasteiger charge is -2.17. The number of carbonyl (C=O) groups excluding carboxylic acids is 1. The quantitative estimate of drug-likeness (QED) is 0.725. The van der Waals surface area contributed by atoms with Crippen LogP contribution >= 0.6 is 0 Å². The molecule has 5 nitrogen and oxygen atoms in total. The van der Waals surface area contributed by atoms with Crippen LogP contribution in [0.4, 0.5) is 4.79 Å². The van der Waals surface area contributed by atoms with Crippen molar-refractivity contribution in [1.82, 2.24) is 0 Å². The summed E-state index contributed by atoms with van der Waals surface area (Å²) >= 11 is 0. The summed E-state index contributed by atoms with van der Waals surface area (Å²) in [6, 6.07) is 10.7. The van der Waals surface area contributed by atoms with Crippen molar-refractivity contribution in [2.24, 2.45) is 5.73 Å². The Morgan fingerprint density at radius 3 is 2.62 bits per heavy atom. The van der Waals surface area contributed by atoms with Gasteiger partial charge >= 0.3 is 6.09 Å². The normalized spacial score (nSPS) is 13.5. The Balaban J connectivity index is 2.71. The molecular formula is C11H12N2O3. The largest absolute Gasteiger partial charge is 0.442 e. The molecule has 1 aromatic carbocycles. The second-order valence-corrected chi connectivity index (χ2v) is 3.24. The van der Waals surface area contributed by atoms with Crippen molar-refractivity contribution in [3.05, 3.63) is 35.9 Å². The zero-order chi connectivity index (χ0) is 12.0. The highest BCUT2D eigenvalue weighted by Gasteiger charge is 2.22. The predicted octanol–water partition coefficient (Wildman–Crippen LogP) is 0.577. The number of primary amides is 1. The first kappa shape index (κ1) is 12.0. The van der Waals surface area contributed by atoms with Crippen LogP contribution in [0.1, 0.15) is 5.56 Å². The number of hydrogen-bond acceptors (Lipinski definition) is 4. The number of hydrogen-bond donors (Lipinski definition) is 2. The molecular weight excluding hydrogens is 208 g/mol. The number of aliphatic hydroxyl groups is 1. The molecule has 0 saturated heterocycles. The molecule has 0 heterocycles. The second-order valence-electron chi connectivity index (χ2n) is 3.24. The zero-order valence-corrected chi connectivity index (χ0v) is 8.54. The highest BCUT2D eigenvalue weighted by atomic mass is 16.6. The number of rotatable bonds is 4. The molecule has 0 spiro atoms. The molecule has 0 bridgehead atoms. The Hall–Kier alpha value is -2.06. The van der Waals surface area contributed by atoms with E-state index in [1.807, 2.05) is 18.2 Å². The molecule has 1 rings (SSSR count). The maximum Gasteiger partial charge on any atom is 0.404 e. The third kappa shape index (κ3) is 3.59. The molecule has 0 fully saturated rings. The molecule has 5 heteroatoms. The lowest BCUT2D eigenvalue weighted by atomic mass is 10.0. The van der Waals surface area contributed by atoms with Gasteiger partial charge < -0.3 is 15.6 Å². The molecule has 1 amide bonds. The van der Waals surface area contributed by atoms with Crippen molar-refractivity contribution in [3.8, 4) is 6.07 Å². The number of aliphatic hydroxyl groups excluding tert-OH is 1. The van der Waals surface area contributed by atoms with Crippen LogP contribution in [0.5, 0.6) is 0 Å². The predicted molar refractivity (Wildman–Crippen MR) is 56.2 cm³/mol. The van der Waals surface area contributed by atoms with Gasteiger partial charge in [0.1, 0.15) is 6.10 Å². The fourth-order valence-electron chi connectivity index (χ4n) is 1.30. The molecule has 3 N–H and O–H groups in total. The third-order valence-electron chi connectivity index (χ3n) is 2.03. The van der Waals surface area contributed by atoms with E-state index in [9.17, 15) is 9.90 Å². The van der Waals surface area contributed by atoms with Crippen LogP contribution in [-0.4, -0.2) is 23.4 Å². The van der Waals surface area contributed by atoms with Crippen molar-refractivity contribution >= 4 is 6.09 Å². The van der Waals surface area contributed by atoms with E-state index in [1.54, 1.807) is 18.2 Å². The molecule has 1 unspecified atom stereocenters. The van der Waals surface area contributed by atoms with E-state index in [2.05, 4.69) is 4.74 Å². The van der Waals surface area contributed by atoms with Crippen molar-refractivity contribution in [2.75, 3.05) is 0 Å². The van der Waals surface area contributed by atoms with Crippen LogP contribution in [0, 0.1) is 11.3 Å². The third-order valence-corrected chi connectivity index (χ3v) is 2.03. The fraction of sp³-hybridized carbons (Fsp3) is 0.273. The number of benzene rings is 1. The molecule has 0 aliphatic carbocycles. The second kappa shape index (κ2) is 5.73. The Morgan fingerprint density at radius 2 is 2.12 bits per heavy atom. The first-order chi connectivity index (χ1) is 7.63. The Labute approximate surface area is 93.1 Å². The summed E-state index contributed by atoms with van der Waals surface area (Å²) < 4.78 is 4.67. The van der Waals surface area contributed by atoms with Crippen LogP contribution in [0.15, 0.2) is 30.3 Å². The summed E-state index contributed by atoms with van der Waals surface area (Å²) in [6.07, 6.45) is -3.08. The van der Waals surface area contributed by atoms with Crippen molar-refractivity contribution in [3.63, 3.8) is 0 Å². The van der Waals surface area contributed by atoms with Gasteiger partial charge in [0.15, 0.2) is 6.10 Å². The van der Waals surface area contributed by atoms with Gasteiger partial charge in [0, 0.05) is 6.42 Å². The van der Waals surface area contributed by atoms with Gasteiger partial charge in [-0.1, -0.05) is 30.3 Å². The number of carbonyl (C=O) groups is 1. The summed E-state index contributed by atoms with van der Waals surface area (Å²) in [4.78, 5) is 10.6. The standard InChI is InChI=1S/C11H12N2O3/c12-7-9(14)10(16-11(13)15)6-8-4-2-1-3-5-8/h1-5,9-10,14H,6H2,(H2,13,15)/t9?,10-/m0/s1. The first-order valence-corrected chi connectivity index (χ1v) is 4.71. The van der Waals surface area contributed by atoms with Gasteiger partial charge in [-0.3, -0.25) is 0 Å². The SMILES string of the molecule is N#CC(O)[C@H](Cc1ccccc1)OC(N)=O. The summed E-state index contributed by atoms with van der Waals surface area (Å²) in [6.45, 7) is 0. The molecule has 0 aliphatic heterocycles. The topological polar surface area (TPSA) is 96.3 Å². The number of nitrogens with zero attached hydrogens (tertiary/aromatic N) is 1. The van der Waals surface area contributed by atoms with Gasteiger partial charge in [-0.2, -0.15) is 5.26 Å². The van der Waals surface area contributed by atoms with Crippen molar-refractivity contribution < 1.29 is 14.6 Å². The van der Waals surface area contributed by atoms with E-state index < -0.39 is 18.3 Å². The lowest BCUT2D eigenvalue weighted by molar-refractivity contribution is 0.0336. The molecule has 2 atom stereocenters. The Bertz CT molecular complexity index is 386. The van der Waals surface area contributed by atoms with Crippen LogP contribution in [0.3, 0.4) is 0 Å². The highest BCUT2D eigenvalue weighted by molar-refractivity contribution is 5.65. The lowest BCUT2D eigenvalue weighted by Crippen LogP contribution is -2.34. The monoisotopic (exact) mass is 220 g/mol. The van der Waals surface area contributed by atoms with E-state index in [-0.39, 0.29) is 6.42 Å². The number of nitriles is 1. The minimum absolute atomic E-state index is 0.249. The van der Waals surface area contributed by atoms with E-state index >= 15 is 0 Å². The molecule has 84 valence electrons. The minimum atomic E-state index is -1.38. The summed E-state index contributed by atoms with van der Waals surface area (Å²) in [5.41, 5.74) is 5.71. The van der Waals surface area contributed by atoms with Crippen molar-refractivity contribution in [1.29, 1.82) is 5.26 Å². The molecule has 1 aromatic rings. The first-order valence-electron chi connectivity index (χ1n) is 4.71. The summed E-state index contributed by atoms with van der Waals surface area (Å²) in [5, 5.41) is 17.9. The molecule has 0 radical (unpaired) electrons. The van der Waals surface area contributed by atoms with Gasteiger partial charge in [-0.15, -0.1) is 0 Å². The zero-order valence-electron chi connectivity index (χ0n) is 8.54. The van der Waals surface area contributed by atoms with Crippen LogP contribution < -0.4 is 5.73 Å². The van der Waals surface area contributed by atoms with E-state index in [0.29, 0.717) is 0 Å². The van der Waals surface area contributed by atoms with Gasteiger partial charge in [0.2, 0.25) is 0 Å².